The van der Waals surface area contributed by atoms with Crippen molar-refractivity contribution in [2.45, 2.75) is 0.996 Å². The normalized spacial score (nSPS) is 10.8. The van der Waals surface area contributed by atoms with Crippen LogP contribution in [0.3, 0.4) is 0 Å². The van der Waals surface area contributed by atoms with Crippen LogP contribution in [0.25, 0.3) is 0 Å². The van der Waals surface area contributed by atoms with Crippen LogP contribution in [0.2, 0.25) is 0 Å². The summed E-state index contributed by atoms with van der Waals surface area (Å²) in [4.78, 5) is 0. The molecule has 0 nitrogen and oxygen atoms in total. The van der Waals surface area contributed by atoms with Gasteiger partial charge in [0.25, 0.3) is 0 Å². The molecule has 0 aromatic heterocycles. The fourth-order valence-corrected chi connectivity index (χ4v) is 10.3. The summed E-state index contributed by atoms with van der Waals surface area (Å²) in [6.45, 7) is 0. The van der Waals surface area contributed by atoms with Crippen LogP contribution in [0.1, 0.15) is 0 Å². The number of halogens is 3. The first-order valence-corrected chi connectivity index (χ1v) is 10.3. The first-order valence-electron chi connectivity index (χ1n) is 3.18. The Morgan fingerprint density at radius 1 is 1.18 bits per heavy atom. The SMILES string of the molecule is F[C](Br)(Br)[Hg][c]1ccccc1. The molecule has 0 spiro atoms. The zero-order valence-electron chi connectivity index (χ0n) is 5.73. The summed E-state index contributed by atoms with van der Waals surface area (Å²) in [5.41, 5.74) is 0. The summed E-state index contributed by atoms with van der Waals surface area (Å²) in [6, 6.07) is 9.80. The average Bonchev–Trinajstić information content (AvgIpc) is 1.85. The van der Waals surface area contributed by atoms with E-state index in [4.69, 9.17) is 0 Å². The molecule has 11 heavy (non-hydrogen) atoms. The molecule has 56 valence electrons. The molecule has 0 N–H and O–H groups in total. The average molecular weight is 469 g/mol. The predicted octanol–water partition coefficient (Wildman–Crippen LogP) is 2.77. The van der Waals surface area contributed by atoms with Crippen LogP contribution in [0, 0.1) is 0 Å². The third-order valence-corrected chi connectivity index (χ3v) is 11.1. The van der Waals surface area contributed by atoms with Crippen molar-refractivity contribution in [3.63, 3.8) is 0 Å². The van der Waals surface area contributed by atoms with Crippen molar-refractivity contribution in [1.82, 2.24) is 0 Å². The Morgan fingerprint density at radius 3 is 2.18 bits per heavy atom. The second kappa shape index (κ2) is 4.33. The summed E-state index contributed by atoms with van der Waals surface area (Å²) in [7, 11) is 0. The topological polar surface area (TPSA) is 0 Å². The zero-order chi connectivity index (χ0) is 8.32. The molecule has 0 heterocycles. The van der Waals surface area contributed by atoms with E-state index in [1.165, 1.54) is 3.07 Å². The Bertz CT molecular complexity index is 220. The molecule has 0 amide bonds. The van der Waals surface area contributed by atoms with E-state index in [9.17, 15) is 4.39 Å². The van der Waals surface area contributed by atoms with Gasteiger partial charge in [-0.2, -0.15) is 0 Å². The van der Waals surface area contributed by atoms with Gasteiger partial charge in [0.1, 0.15) is 0 Å². The van der Waals surface area contributed by atoms with Crippen molar-refractivity contribution in [3.05, 3.63) is 30.3 Å². The van der Waals surface area contributed by atoms with Crippen molar-refractivity contribution in [2.24, 2.45) is 0 Å². The summed E-state index contributed by atoms with van der Waals surface area (Å²) < 4.78 is 12.9. The van der Waals surface area contributed by atoms with E-state index < -0.39 is 25.6 Å². The zero-order valence-corrected chi connectivity index (χ0v) is 14.4. The van der Waals surface area contributed by atoms with Gasteiger partial charge in [0.05, 0.1) is 0 Å². The third-order valence-electron chi connectivity index (χ3n) is 1.25. The van der Waals surface area contributed by atoms with Gasteiger partial charge in [0.2, 0.25) is 0 Å². The van der Waals surface area contributed by atoms with Gasteiger partial charge in [-0.05, 0) is 0 Å². The molecule has 0 radical (unpaired) electrons. The molecule has 1 aromatic rings. The second-order valence-corrected chi connectivity index (χ2v) is 22.2. The Balaban J connectivity index is 2.66. The molecule has 0 fully saturated rings. The van der Waals surface area contributed by atoms with Gasteiger partial charge in [0.15, 0.2) is 0 Å². The third kappa shape index (κ3) is 4.58. The van der Waals surface area contributed by atoms with Crippen LogP contribution >= 0.6 is 31.9 Å². The number of hydrogen-bond acceptors (Lipinski definition) is 0. The van der Waals surface area contributed by atoms with E-state index in [-0.39, 0.29) is 0 Å². The molecule has 4 heteroatoms. The molecule has 0 saturated carbocycles. The Hall–Kier alpha value is 1.05. The summed E-state index contributed by atoms with van der Waals surface area (Å²) >= 11 is 4.28. The number of rotatable bonds is 2. The standard InChI is InChI=1S/C6H5.CBr2F.Hg/c1-2-4-6-5-3-1;2-1(3)4;/h1-5H;;. The van der Waals surface area contributed by atoms with Crippen molar-refractivity contribution in [1.29, 1.82) is 0 Å². The van der Waals surface area contributed by atoms with E-state index >= 15 is 0 Å². The maximum atomic E-state index is 13.0. The van der Waals surface area contributed by atoms with E-state index in [2.05, 4.69) is 31.9 Å². The molecule has 0 saturated heterocycles. The molecule has 1 aromatic carbocycles. The van der Waals surface area contributed by atoms with Gasteiger partial charge in [0, 0.05) is 0 Å². The molecular weight excluding hydrogens is 463 g/mol. The van der Waals surface area contributed by atoms with Gasteiger partial charge in [-0.15, -0.1) is 0 Å². The minimum absolute atomic E-state index is 1.18. The van der Waals surface area contributed by atoms with Crippen LogP contribution < -0.4 is 3.07 Å². The fourth-order valence-electron chi connectivity index (χ4n) is 0.827. The van der Waals surface area contributed by atoms with Crippen LogP contribution in [-0.2, 0) is 24.6 Å². The number of benzene rings is 1. The molecule has 0 atom stereocenters. The Morgan fingerprint density at radius 2 is 1.73 bits per heavy atom. The van der Waals surface area contributed by atoms with Crippen molar-refractivity contribution >= 4 is 34.9 Å². The Labute approximate surface area is 94.3 Å². The van der Waals surface area contributed by atoms with Crippen molar-refractivity contribution < 1.29 is 29.0 Å². The summed E-state index contributed by atoms with van der Waals surface area (Å²) in [6.07, 6.45) is 0. The molecule has 0 aliphatic heterocycles. The molecule has 0 aliphatic carbocycles. The fraction of sp³-hybridized carbons (Fsp3) is 0.143. The molecular formula is C7H5Br2FHg. The summed E-state index contributed by atoms with van der Waals surface area (Å²) in [5, 5.41) is 0. The van der Waals surface area contributed by atoms with Gasteiger partial charge < -0.3 is 0 Å². The van der Waals surface area contributed by atoms with E-state index in [1.807, 2.05) is 30.3 Å². The van der Waals surface area contributed by atoms with Gasteiger partial charge in [-0.1, -0.05) is 0 Å². The van der Waals surface area contributed by atoms with E-state index in [0.29, 0.717) is 0 Å². The van der Waals surface area contributed by atoms with Gasteiger partial charge >= 0.3 is 95.2 Å². The molecule has 0 unspecified atom stereocenters. The quantitative estimate of drug-likeness (QED) is 0.463. The summed E-state index contributed by atoms with van der Waals surface area (Å²) in [5.74, 6) is 0. The molecule has 0 aliphatic rings. The number of alkyl halides is 3. The van der Waals surface area contributed by atoms with Crippen molar-refractivity contribution in [2.75, 3.05) is 0 Å². The van der Waals surface area contributed by atoms with Crippen LogP contribution in [0.15, 0.2) is 30.3 Å². The van der Waals surface area contributed by atoms with Crippen LogP contribution in [-0.4, -0.2) is 0.996 Å². The Kier molecular flexibility index (Phi) is 3.99. The minimum atomic E-state index is -1.65. The van der Waals surface area contributed by atoms with E-state index in [0.717, 1.165) is 0 Å². The maximum absolute atomic E-state index is 13.0. The van der Waals surface area contributed by atoms with Crippen LogP contribution in [0.5, 0.6) is 0 Å². The predicted molar refractivity (Wildman–Crippen MR) is 47.8 cm³/mol. The monoisotopic (exact) mass is 468 g/mol. The van der Waals surface area contributed by atoms with E-state index in [1.54, 1.807) is 0 Å². The van der Waals surface area contributed by atoms with Crippen LogP contribution in [0.4, 0.5) is 4.39 Å². The van der Waals surface area contributed by atoms with Crippen molar-refractivity contribution in [3.8, 4) is 0 Å². The van der Waals surface area contributed by atoms with Gasteiger partial charge in [-0.3, -0.25) is 0 Å². The first kappa shape index (κ1) is 10.1. The molecule has 0 bridgehead atoms. The number of hydrogen-bond donors (Lipinski definition) is 0. The first-order chi connectivity index (χ1) is 5.08. The van der Waals surface area contributed by atoms with Gasteiger partial charge in [-0.25, -0.2) is 0 Å². The molecule has 1 rings (SSSR count). The second-order valence-electron chi connectivity index (χ2n) is 2.28.